The van der Waals surface area contributed by atoms with E-state index in [1.165, 1.54) is 17.7 Å². The van der Waals surface area contributed by atoms with Crippen LogP contribution in [-0.2, 0) is 16.0 Å². The molecule has 0 radical (unpaired) electrons. The smallest absolute Gasteiger partial charge is 0.269 e. The van der Waals surface area contributed by atoms with Crippen LogP contribution in [0.2, 0.25) is 0 Å². The van der Waals surface area contributed by atoms with E-state index in [2.05, 4.69) is 17.6 Å². The quantitative estimate of drug-likeness (QED) is 0.406. The molecule has 0 unspecified atom stereocenters. The fraction of sp³-hybridized carbons (Fsp3) is 0.333. The minimum Gasteiger partial charge on any atom is -0.383 e. The van der Waals surface area contributed by atoms with Gasteiger partial charge in [-0.2, -0.15) is 0 Å². The van der Waals surface area contributed by atoms with E-state index in [0.29, 0.717) is 19.6 Å². The summed E-state index contributed by atoms with van der Waals surface area (Å²) in [5, 5.41) is 16.6. The molecule has 0 saturated carbocycles. The van der Waals surface area contributed by atoms with Gasteiger partial charge in [0.1, 0.15) is 0 Å². The van der Waals surface area contributed by atoms with E-state index in [-0.39, 0.29) is 29.8 Å². The van der Waals surface area contributed by atoms with Crippen LogP contribution in [0, 0.1) is 16.0 Å². The lowest BCUT2D eigenvalue weighted by Crippen LogP contribution is -2.35. The van der Waals surface area contributed by atoms with Crippen LogP contribution >= 0.6 is 0 Å². The Morgan fingerprint density at radius 3 is 2.45 bits per heavy atom. The van der Waals surface area contributed by atoms with E-state index in [1.807, 2.05) is 24.3 Å². The number of non-ortho nitro benzene ring substituents is 1. The molecular formula is C21H24N4O4. The summed E-state index contributed by atoms with van der Waals surface area (Å²) in [6.07, 6.45) is 1.14. The highest BCUT2D eigenvalue weighted by Crippen LogP contribution is 2.25. The number of hydrogen-bond acceptors (Lipinski definition) is 5. The van der Waals surface area contributed by atoms with Crippen molar-refractivity contribution >= 4 is 28.9 Å². The Balaban J connectivity index is 1.44. The molecule has 0 spiro atoms. The number of anilines is 2. The van der Waals surface area contributed by atoms with Crippen molar-refractivity contribution in [1.82, 2.24) is 5.32 Å². The Morgan fingerprint density at radius 2 is 1.83 bits per heavy atom. The predicted molar refractivity (Wildman–Crippen MR) is 111 cm³/mol. The fourth-order valence-corrected chi connectivity index (χ4v) is 3.28. The summed E-state index contributed by atoms with van der Waals surface area (Å²) in [6, 6.07) is 13.9. The molecule has 3 rings (SSSR count). The van der Waals surface area contributed by atoms with Crippen molar-refractivity contribution in [3.8, 4) is 0 Å². The Labute approximate surface area is 169 Å². The summed E-state index contributed by atoms with van der Waals surface area (Å²) in [4.78, 5) is 36.6. The molecule has 1 aliphatic heterocycles. The first-order chi connectivity index (χ1) is 14.0. The van der Waals surface area contributed by atoms with E-state index in [4.69, 9.17) is 0 Å². The molecule has 1 aliphatic rings. The number of benzene rings is 2. The Bertz CT molecular complexity index is 881. The van der Waals surface area contributed by atoms with Gasteiger partial charge in [-0.25, -0.2) is 0 Å². The molecule has 0 aromatic heterocycles. The van der Waals surface area contributed by atoms with Crippen molar-refractivity contribution in [3.05, 3.63) is 64.2 Å². The van der Waals surface area contributed by atoms with Crippen LogP contribution in [0.5, 0.6) is 0 Å². The van der Waals surface area contributed by atoms with Crippen molar-refractivity contribution in [2.45, 2.75) is 19.8 Å². The van der Waals surface area contributed by atoms with Gasteiger partial charge >= 0.3 is 0 Å². The summed E-state index contributed by atoms with van der Waals surface area (Å²) in [6.45, 7) is 3.33. The van der Waals surface area contributed by atoms with Crippen LogP contribution in [0.15, 0.2) is 48.5 Å². The second kappa shape index (κ2) is 9.18. The Hall–Kier alpha value is -3.42. The Morgan fingerprint density at radius 1 is 1.14 bits per heavy atom. The first kappa shape index (κ1) is 20.3. The predicted octanol–water partition coefficient (Wildman–Crippen LogP) is 2.74. The van der Waals surface area contributed by atoms with Gasteiger partial charge in [0.15, 0.2) is 0 Å². The minimum atomic E-state index is -0.450. The van der Waals surface area contributed by atoms with Gasteiger partial charge in [-0.1, -0.05) is 19.1 Å². The van der Waals surface area contributed by atoms with Gasteiger partial charge in [0, 0.05) is 49.6 Å². The van der Waals surface area contributed by atoms with E-state index < -0.39 is 4.92 Å². The van der Waals surface area contributed by atoms with Gasteiger partial charge in [0.25, 0.3) is 5.69 Å². The molecule has 2 N–H and O–H groups in total. The van der Waals surface area contributed by atoms with Crippen molar-refractivity contribution in [3.63, 3.8) is 0 Å². The molecule has 0 bridgehead atoms. The maximum Gasteiger partial charge on any atom is 0.269 e. The normalized spacial score (nSPS) is 16.0. The monoisotopic (exact) mass is 396 g/mol. The lowest BCUT2D eigenvalue weighted by Gasteiger charge is -2.17. The molecule has 1 fully saturated rings. The molecule has 8 heteroatoms. The summed E-state index contributed by atoms with van der Waals surface area (Å²) in [7, 11) is 0. The molecule has 152 valence electrons. The fourth-order valence-electron chi connectivity index (χ4n) is 3.28. The van der Waals surface area contributed by atoms with E-state index >= 15 is 0 Å². The molecular weight excluding hydrogens is 372 g/mol. The van der Waals surface area contributed by atoms with Crippen LogP contribution in [0.4, 0.5) is 17.1 Å². The maximum atomic E-state index is 12.4. The van der Waals surface area contributed by atoms with Crippen molar-refractivity contribution in [2.24, 2.45) is 5.92 Å². The first-order valence-electron chi connectivity index (χ1n) is 9.63. The lowest BCUT2D eigenvalue weighted by molar-refractivity contribution is -0.384. The zero-order valence-corrected chi connectivity index (χ0v) is 16.3. The molecule has 1 heterocycles. The van der Waals surface area contributed by atoms with Gasteiger partial charge in [0.2, 0.25) is 11.8 Å². The maximum absolute atomic E-state index is 12.4. The van der Waals surface area contributed by atoms with Crippen LogP contribution < -0.4 is 15.5 Å². The average molecular weight is 396 g/mol. The molecule has 2 aromatic rings. The number of nitro groups is 1. The van der Waals surface area contributed by atoms with Gasteiger partial charge < -0.3 is 15.5 Å². The van der Waals surface area contributed by atoms with Crippen molar-refractivity contribution < 1.29 is 14.5 Å². The molecule has 8 nitrogen and oxygen atoms in total. The minimum absolute atomic E-state index is 0.0311. The van der Waals surface area contributed by atoms with E-state index in [1.54, 1.807) is 17.0 Å². The molecule has 1 saturated heterocycles. The zero-order valence-electron chi connectivity index (χ0n) is 16.3. The Kier molecular flexibility index (Phi) is 6.43. The molecule has 1 atom stereocenters. The largest absolute Gasteiger partial charge is 0.383 e. The third-order valence-electron chi connectivity index (χ3n) is 4.98. The van der Waals surface area contributed by atoms with Gasteiger partial charge in [-0.15, -0.1) is 0 Å². The highest BCUT2D eigenvalue weighted by atomic mass is 16.6. The summed E-state index contributed by atoms with van der Waals surface area (Å²) in [5.74, 6) is -0.553. The number of nitrogens with zero attached hydrogens (tertiary/aromatic N) is 2. The van der Waals surface area contributed by atoms with E-state index in [9.17, 15) is 19.7 Å². The highest BCUT2D eigenvalue weighted by molar-refractivity contribution is 6.00. The number of nitro benzene ring substituents is 1. The van der Waals surface area contributed by atoms with Crippen molar-refractivity contribution in [2.75, 3.05) is 29.9 Å². The van der Waals surface area contributed by atoms with Gasteiger partial charge in [0.05, 0.1) is 10.8 Å². The first-order valence-corrected chi connectivity index (χ1v) is 9.63. The third kappa shape index (κ3) is 5.10. The summed E-state index contributed by atoms with van der Waals surface area (Å²) >= 11 is 0. The number of aryl methyl sites for hydroxylation is 1. The lowest BCUT2D eigenvalue weighted by atomic mass is 10.1. The molecule has 2 amide bonds. The third-order valence-corrected chi connectivity index (χ3v) is 4.98. The molecule has 29 heavy (non-hydrogen) atoms. The summed E-state index contributed by atoms with van der Waals surface area (Å²) in [5.41, 5.74) is 2.80. The van der Waals surface area contributed by atoms with Crippen LogP contribution in [0.3, 0.4) is 0 Å². The number of nitrogens with one attached hydrogen (secondary N) is 2. The molecule has 0 aliphatic carbocycles. The van der Waals surface area contributed by atoms with Gasteiger partial charge in [-0.3, -0.25) is 19.7 Å². The number of hydrogen-bond donors (Lipinski definition) is 2. The van der Waals surface area contributed by atoms with Crippen LogP contribution in [0.25, 0.3) is 0 Å². The highest BCUT2D eigenvalue weighted by Gasteiger charge is 2.34. The number of amides is 2. The van der Waals surface area contributed by atoms with Crippen LogP contribution in [0.1, 0.15) is 18.9 Å². The second-order valence-corrected chi connectivity index (χ2v) is 6.95. The second-order valence-electron chi connectivity index (χ2n) is 6.95. The standard InChI is InChI=1S/C21H24N4O4/c1-2-15-3-7-18(8-4-15)24-14-16(13-20(24)26)21(27)23-12-11-22-17-5-9-19(10-6-17)25(28)29/h3-10,16,22H,2,11-14H2,1H3,(H,23,27)/t16-/m0/s1. The SMILES string of the molecule is CCc1ccc(N2C[C@@H](C(=O)NCCNc3ccc([N+](=O)[O-])cc3)CC2=O)cc1. The summed E-state index contributed by atoms with van der Waals surface area (Å²) < 4.78 is 0. The number of carbonyl (C=O) groups excluding carboxylic acids is 2. The molecule has 2 aromatic carbocycles. The average Bonchev–Trinajstić information content (AvgIpc) is 3.13. The number of rotatable bonds is 8. The number of carbonyl (C=O) groups is 2. The van der Waals surface area contributed by atoms with E-state index in [0.717, 1.165) is 17.8 Å². The topological polar surface area (TPSA) is 105 Å². The van der Waals surface area contributed by atoms with Crippen LogP contribution in [-0.4, -0.2) is 36.4 Å². The van der Waals surface area contributed by atoms with Crippen molar-refractivity contribution in [1.29, 1.82) is 0 Å². The zero-order chi connectivity index (χ0) is 20.8. The van der Waals surface area contributed by atoms with Gasteiger partial charge in [-0.05, 0) is 36.2 Å².